The summed E-state index contributed by atoms with van der Waals surface area (Å²) in [7, 11) is 0. The van der Waals surface area contributed by atoms with Crippen LogP contribution >= 0.6 is 0 Å². The number of allylic oxidation sites excluding steroid dienone is 4. The fraction of sp³-hybridized carbons (Fsp3) is 0.472. The van der Waals surface area contributed by atoms with Crippen molar-refractivity contribution in [2.45, 2.75) is 100 Å². The smallest absolute Gasteiger partial charge is 0.133 e. The highest BCUT2D eigenvalue weighted by atomic mass is 16.1. The van der Waals surface area contributed by atoms with Gasteiger partial charge < -0.3 is 4.79 Å². The SMILES string of the molecule is C=Cc1ccc(C2=CC=C(CC(C)=O)C3CC23)cc1.CC.CC.CC(=O)CCCC(C)c1cc(C)cc(C)n1.[HH]. The highest BCUT2D eigenvalue weighted by Crippen LogP contribution is 2.55. The van der Waals surface area contributed by atoms with Crippen molar-refractivity contribution in [2.75, 3.05) is 0 Å². The number of rotatable bonds is 9. The summed E-state index contributed by atoms with van der Waals surface area (Å²) in [6, 6.07) is 12.8. The third-order valence-corrected chi connectivity index (χ3v) is 6.86. The number of aryl methyl sites for hydroxylation is 2. The average molecular weight is 532 g/mol. The molecular formula is C36H53NO2. The number of Topliss-reactive ketones (excluding diaryl/α,β-unsaturated/α-hetero) is 2. The Kier molecular flexibility index (Phi) is 15.2. The van der Waals surface area contributed by atoms with Gasteiger partial charge in [-0.15, -0.1) is 0 Å². The standard InChI is InChI=1S/C18H18O.C14H21NO.2C2H6.H2/c1-3-13-4-6-14(7-5-13)16-9-8-15(10-12(2)19)17-11-18(16)17;1-10-8-12(3)15-14(9-10)11(2)6-5-7-13(4)16;2*1-2;/h3-9,17-18H,1,10-11H2,2H3;8-9,11H,5-7H2,1-4H3;2*1-2H3;1H. The van der Waals surface area contributed by atoms with Gasteiger partial charge in [0, 0.05) is 25.7 Å². The number of fused-ring (bicyclic) bond motifs is 1. The fourth-order valence-corrected chi connectivity index (χ4v) is 4.92. The van der Waals surface area contributed by atoms with Gasteiger partial charge in [-0.25, -0.2) is 0 Å². The molecule has 3 nitrogen and oxygen atoms in total. The largest absolute Gasteiger partial charge is 0.300 e. The van der Waals surface area contributed by atoms with Gasteiger partial charge in [0.15, 0.2) is 0 Å². The molecule has 2 aromatic rings. The van der Waals surface area contributed by atoms with E-state index in [-0.39, 0.29) is 13.0 Å². The number of nitrogens with zero attached hydrogens (tertiary/aromatic N) is 1. The number of ketones is 2. The molecule has 3 unspecified atom stereocenters. The maximum absolute atomic E-state index is 11.2. The van der Waals surface area contributed by atoms with Gasteiger partial charge in [0.25, 0.3) is 0 Å². The van der Waals surface area contributed by atoms with Gasteiger partial charge in [-0.3, -0.25) is 9.78 Å². The molecule has 3 heteroatoms. The Morgan fingerprint density at radius 3 is 2.18 bits per heavy atom. The fourth-order valence-electron chi connectivity index (χ4n) is 4.92. The maximum atomic E-state index is 11.2. The van der Waals surface area contributed by atoms with Crippen molar-refractivity contribution in [3.63, 3.8) is 0 Å². The quantitative estimate of drug-likeness (QED) is 0.323. The van der Waals surface area contributed by atoms with Crippen molar-refractivity contribution in [3.8, 4) is 0 Å². The van der Waals surface area contributed by atoms with Crippen LogP contribution in [0, 0.1) is 25.7 Å². The Labute approximate surface area is 240 Å². The first kappa shape index (κ1) is 34.0. The molecule has 0 aliphatic heterocycles. The minimum atomic E-state index is 0. The van der Waals surface area contributed by atoms with E-state index in [2.05, 4.69) is 74.0 Å². The molecule has 1 aromatic heterocycles. The zero-order valence-electron chi connectivity index (χ0n) is 25.9. The molecular weight excluding hydrogens is 478 g/mol. The minimum Gasteiger partial charge on any atom is -0.300 e. The molecule has 39 heavy (non-hydrogen) atoms. The molecule has 0 spiro atoms. The summed E-state index contributed by atoms with van der Waals surface area (Å²) in [6.07, 6.45) is 10.7. The van der Waals surface area contributed by atoms with Crippen molar-refractivity contribution in [1.29, 1.82) is 0 Å². The van der Waals surface area contributed by atoms with Gasteiger partial charge in [-0.1, -0.05) is 89.3 Å². The zero-order valence-corrected chi connectivity index (χ0v) is 25.9. The normalized spacial score (nSPS) is 17.2. The number of hydrogen-bond acceptors (Lipinski definition) is 3. The first-order chi connectivity index (χ1) is 18.7. The summed E-state index contributed by atoms with van der Waals surface area (Å²) in [4.78, 5) is 26.6. The van der Waals surface area contributed by atoms with Crippen LogP contribution in [0.15, 0.2) is 60.7 Å². The second-order valence-electron chi connectivity index (χ2n) is 10.2. The molecule has 0 amide bonds. The van der Waals surface area contributed by atoms with E-state index in [1.165, 1.54) is 28.7 Å². The molecule has 1 heterocycles. The molecule has 0 radical (unpaired) electrons. The summed E-state index contributed by atoms with van der Waals surface area (Å²) in [6.45, 7) is 21.4. The van der Waals surface area contributed by atoms with Gasteiger partial charge in [0.1, 0.15) is 11.6 Å². The second kappa shape index (κ2) is 17.5. The van der Waals surface area contributed by atoms with Crippen LogP contribution in [0.3, 0.4) is 0 Å². The van der Waals surface area contributed by atoms with E-state index in [4.69, 9.17) is 0 Å². The Hall–Kier alpha value is -3.07. The van der Waals surface area contributed by atoms with E-state index in [0.717, 1.165) is 29.8 Å². The average Bonchev–Trinajstić information content (AvgIpc) is 3.72. The number of hydrogen-bond donors (Lipinski definition) is 0. The molecule has 0 saturated heterocycles. The highest BCUT2D eigenvalue weighted by molar-refractivity contribution is 5.81. The van der Waals surface area contributed by atoms with Gasteiger partial charge >= 0.3 is 0 Å². The molecule has 0 N–H and O–H groups in total. The molecule has 2 aliphatic carbocycles. The summed E-state index contributed by atoms with van der Waals surface area (Å²) in [5.74, 6) is 2.24. The lowest BCUT2D eigenvalue weighted by molar-refractivity contribution is -0.117. The van der Waals surface area contributed by atoms with Crippen LogP contribution in [0.2, 0.25) is 0 Å². The predicted molar refractivity (Wildman–Crippen MR) is 171 cm³/mol. The molecule has 214 valence electrons. The van der Waals surface area contributed by atoms with E-state index in [1.54, 1.807) is 13.8 Å². The Balaban J connectivity index is 0.000000671. The van der Waals surface area contributed by atoms with Crippen molar-refractivity contribution in [2.24, 2.45) is 11.8 Å². The van der Waals surface area contributed by atoms with Crippen LogP contribution in [-0.4, -0.2) is 16.6 Å². The third kappa shape index (κ3) is 11.3. The second-order valence-corrected chi connectivity index (χ2v) is 10.2. The van der Waals surface area contributed by atoms with Crippen LogP contribution in [0.1, 0.15) is 116 Å². The Morgan fingerprint density at radius 1 is 1.00 bits per heavy atom. The molecule has 3 atom stereocenters. The molecule has 1 fully saturated rings. The van der Waals surface area contributed by atoms with Gasteiger partial charge in [0.2, 0.25) is 0 Å². The first-order valence-electron chi connectivity index (χ1n) is 14.8. The van der Waals surface area contributed by atoms with Crippen LogP contribution in [-0.2, 0) is 9.59 Å². The van der Waals surface area contributed by atoms with E-state index in [9.17, 15) is 9.59 Å². The number of carbonyl (C=O) groups is 2. The van der Waals surface area contributed by atoms with Crippen LogP contribution in [0.25, 0.3) is 11.6 Å². The maximum Gasteiger partial charge on any atom is 0.133 e. The topological polar surface area (TPSA) is 47.0 Å². The minimum absolute atomic E-state index is 0. The monoisotopic (exact) mass is 531 g/mol. The molecule has 1 aromatic carbocycles. The third-order valence-electron chi connectivity index (χ3n) is 6.86. The number of benzene rings is 1. The zero-order chi connectivity index (χ0) is 29.5. The first-order valence-corrected chi connectivity index (χ1v) is 14.8. The van der Waals surface area contributed by atoms with Gasteiger partial charge in [-0.2, -0.15) is 0 Å². The summed E-state index contributed by atoms with van der Waals surface area (Å²) < 4.78 is 0. The molecule has 2 aliphatic rings. The van der Waals surface area contributed by atoms with Crippen molar-refractivity contribution < 1.29 is 11.0 Å². The molecule has 4 rings (SSSR count). The van der Waals surface area contributed by atoms with E-state index in [1.807, 2.05) is 40.7 Å². The molecule has 1 saturated carbocycles. The number of carbonyl (C=O) groups excluding carboxylic acids is 2. The summed E-state index contributed by atoms with van der Waals surface area (Å²) in [5.41, 5.74) is 8.70. The Bertz CT molecular complexity index is 1120. The van der Waals surface area contributed by atoms with E-state index < -0.39 is 0 Å². The lowest BCUT2D eigenvalue weighted by Crippen LogP contribution is -2.01. The molecule has 0 bridgehead atoms. The van der Waals surface area contributed by atoms with Crippen molar-refractivity contribution in [1.82, 2.24) is 4.98 Å². The van der Waals surface area contributed by atoms with E-state index >= 15 is 0 Å². The predicted octanol–water partition coefficient (Wildman–Crippen LogP) is 10.1. The van der Waals surface area contributed by atoms with Crippen molar-refractivity contribution >= 4 is 23.2 Å². The van der Waals surface area contributed by atoms with Crippen LogP contribution in [0.5, 0.6) is 0 Å². The number of aromatic nitrogens is 1. The summed E-state index contributed by atoms with van der Waals surface area (Å²) >= 11 is 0. The van der Waals surface area contributed by atoms with Crippen molar-refractivity contribution in [3.05, 3.63) is 88.8 Å². The van der Waals surface area contributed by atoms with E-state index in [0.29, 0.717) is 30.6 Å². The van der Waals surface area contributed by atoms with Gasteiger partial charge in [0.05, 0.1) is 0 Å². The Morgan fingerprint density at radius 2 is 1.64 bits per heavy atom. The summed E-state index contributed by atoms with van der Waals surface area (Å²) in [5, 5.41) is 0. The van der Waals surface area contributed by atoms with Gasteiger partial charge in [-0.05, 0) is 99.1 Å². The highest BCUT2D eigenvalue weighted by Gasteiger charge is 2.44. The van der Waals surface area contributed by atoms with Crippen LogP contribution in [0.4, 0.5) is 0 Å². The van der Waals surface area contributed by atoms with Crippen LogP contribution < -0.4 is 0 Å². The lowest BCUT2D eigenvalue weighted by atomic mass is 9.91. The number of pyridine rings is 1. The lowest BCUT2D eigenvalue weighted by Gasteiger charge is -2.14.